The Labute approximate surface area is 188 Å². The molecule has 1 amide bonds. The molecule has 0 aliphatic heterocycles. The number of anilines is 1. The minimum Gasteiger partial charge on any atom is -0.451 e. The number of nitrogens with one attached hydrogen (secondary N) is 3. The highest BCUT2D eigenvalue weighted by Gasteiger charge is 2.19. The molecule has 0 spiro atoms. The number of benzene rings is 2. The van der Waals surface area contributed by atoms with Crippen LogP contribution in [0.3, 0.4) is 0 Å². The molecule has 5 aromatic rings. The Morgan fingerprint density at radius 1 is 1.12 bits per heavy atom. The molecule has 33 heavy (non-hydrogen) atoms. The van der Waals surface area contributed by atoms with Gasteiger partial charge in [-0.2, -0.15) is 5.10 Å². The average Bonchev–Trinajstić information content (AvgIpc) is 3.46. The standard InChI is InChI=1S/C22H16FN5O4S/c1-11-15-9-18(33-20(15)28(27-11)14-5-2-12(23)3-6-14)21(30)32-10-19(29)24-13-4-7-16-17(8-13)26-22(31)25-16/h2-9H,10H2,1H3,(H,24,29)(H2,25,26,31). The van der Waals surface area contributed by atoms with E-state index in [2.05, 4.69) is 20.4 Å². The highest BCUT2D eigenvalue weighted by atomic mass is 32.1. The second-order valence-electron chi connectivity index (χ2n) is 7.27. The second-order valence-corrected chi connectivity index (χ2v) is 8.30. The lowest BCUT2D eigenvalue weighted by Gasteiger charge is -2.06. The van der Waals surface area contributed by atoms with Gasteiger partial charge in [-0.05, 0) is 55.5 Å². The normalized spacial score (nSPS) is 11.2. The van der Waals surface area contributed by atoms with E-state index in [-0.39, 0.29) is 11.5 Å². The number of carbonyl (C=O) groups is 2. The molecule has 0 radical (unpaired) electrons. The first-order valence-corrected chi connectivity index (χ1v) is 10.6. The third-order valence-electron chi connectivity index (χ3n) is 4.95. The molecule has 9 nitrogen and oxygen atoms in total. The summed E-state index contributed by atoms with van der Waals surface area (Å²) in [6.07, 6.45) is 0. The summed E-state index contributed by atoms with van der Waals surface area (Å²) in [5.74, 6) is -1.51. The van der Waals surface area contributed by atoms with Crippen molar-refractivity contribution in [3.63, 3.8) is 0 Å². The number of carbonyl (C=O) groups excluding carboxylic acids is 2. The molecule has 3 N–H and O–H groups in total. The van der Waals surface area contributed by atoms with Crippen LogP contribution in [-0.4, -0.2) is 38.2 Å². The van der Waals surface area contributed by atoms with Gasteiger partial charge in [-0.25, -0.2) is 18.7 Å². The van der Waals surface area contributed by atoms with Crippen molar-refractivity contribution in [1.82, 2.24) is 19.7 Å². The number of fused-ring (bicyclic) bond motifs is 2. The van der Waals surface area contributed by atoms with Crippen molar-refractivity contribution in [2.45, 2.75) is 6.92 Å². The van der Waals surface area contributed by atoms with Gasteiger partial charge in [-0.15, -0.1) is 11.3 Å². The van der Waals surface area contributed by atoms with E-state index in [1.165, 1.54) is 23.5 Å². The highest BCUT2D eigenvalue weighted by Crippen LogP contribution is 2.31. The van der Waals surface area contributed by atoms with Gasteiger partial charge in [0.1, 0.15) is 15.5 Å². The molecule has 0 saturated heterocycles. The Bertz CT molecular complexity index is 1580. The Kier molecular flexibility index (Phi) is 5.02. The quantitative estimate of drug-likeness (QED) is 0.343. The van der Waals surface area contributed by atoms with Crippen LogP contribution in [0.5, 0.6) is 0 Å². The van der Waals surface area contributed by atoms with Crippen molar-refractivity contribution in [2.75, 3.05) is 11.9 Å². The molecular weight excluding hydrogens is 449 g/mol. The summed E-state index contributed by atoms with van der Waals surface area (Å²) in [7, 11) is 0. The molecule has 3 aromatic heterocycles. The topological polar surface area (TPSA) is 122 Å². The molecule has 0 aliphatic carbocycles. The Morgan fingerprint density at radius 3 is 2.67 bits per heavy atom. The van der Waals surface area contributed by atoms with Gasteiger partial charge < -0.3 is 20.0 Å². The predicted octanol–water partition coefficient (Wildman–Crippen LogP) is 3.50. The van der Waals surface area contributed by atoms with Gasteiger partial charge in [-0.1, -0.05) is 0 Å². The van der Waals surface area contributed by atoms with E-state index in [0.717, 1.165) is 5.39 Å². The van der Waals surface area contributed by atoms with Gasteiger partial charge in [0.15, 0.2) is 6.61 Å². The number of hydrogen-bond acceptors (Lipinski definition) is 6. The summed E-state index contributed by atoms with van der Waals surface area (Å²) in [5.41, 5.74) is 2.64. The van der Waals surface area contributed by atoms with E-state index in [4.69, 9.17) is 4.74 Å². The third kappa shape index (κ3) is 4.01. The Morgan fingerprint density at radius 2 is 1.88 bits per heavy atom. The van der Waals surface area contributed by atoms with Gasteiger partial charge in [0.2, 0.25) is 0 Å². The van der Waals surface area contributed by atoms with E-state index in [0.29, 0.717) is 37.8 Å². The van der Waals surface area contributed by atoms with E-state index in [1.807, 2.05) is 6.92 Å². The van der Waals surface area contributed by atoms with Crippen LogP contribution in [0.1, 0.15) is 15.4 Å². The molecule has 0 atom stereocenters. The number of amides is 1. The fraction of sp³-hybridized carbons (Fsp3) is 0.0909. The van der Waals surface area contributed by atoms with Gasteiger partial charge >= 0.3 is 11.7 Å². The largest absolute Gasteiger partial charge is 0.451 e. The fourth-order valence-corrected chi connectivity index (χ4v) is 4.49. The number of ether oxygens (including phenoxy) is 1. The Balaban J connectivity index is 1.28. The first kappa shape index (κ1) is 20.6. The summed E-state index contributed by atoms with van der Waals surface area (Å²) in [5, 5.41) is 7.85. The van der Waals surface area contributed by atoms with Crippen LogP contribution in [-0.2, 0) is 9.53 Å². The van der Waals surface area contributed by atoms with E-state index in [9.17, 15) is 18.8 Å². The Hall–Kier alpha value is -4.25. The van der Waals surface area contributed by atoms with Crippen LogP contribution < -0.4 is 11.0 Å². The number of aromatic amines is 2. The summed E-state index contributed by atoms with van der Waals surface area (Å²) >= 11 is 1.17. The third-order valence-corrected chi connectivity index (χ3v) is 6.04. The van der Waals surface area contributed by atoms with Crippen LogP contribution in [0, 0.1) is 12.7 Å². The highest BCUT2D eigenvalue weighted by molar-refractivity contribution is 7.20. The summed E-state index contributed by atoms with van der Waals surface area (Å²) in [6, 6.07) is 12.4. The molecule has 0 bridgehead atoms. The van der Waals surface area contributed by atoms with Gasteiger partial charge in [-0.3, -0.25) is 4.79 Å². The lowest BCUT2D eigenvalue weighted by atomic mass is 10.3. The monoisotopic (exact) mass is 465 g/mol. The molecule has 166 valence electrons. The zero-order valence-electron chi connectivity index (χ0n) is 17.1. The predicted molar refractivity (Wildman–Crippen MR) is 121 cm³/mol. The maximum absolute atomic E-state index is 13.3. The van der Waals surface area contributed by atoms with Gasteiger partial charge in [0, 0.05) is 11.1 Å². The van der Waals surface area contributed by atoms with Crippen LogP contribution in [0.4, 0.5) is 10.1 Å². The van der Waals surface area contributed by atoms with Crippen molar-refractivity contribution in [3.05, 3.63) is 75.4 Å². The smallest absolute Gasteiger partial charge is 0.348 e. The molecule has 5 rings (SSSR count). The SMILES string of the molecule is Cc1nn(-c2ccc(F)cc2)c2sc(C(=O)OCC(=O)Nc3ccc4[nH]c(=O)[nH]c4c3)cc12. The molecular formula is C22H16FN5O4S. The molecule has 0 fully saturated rings. The summed E-state index contributed by atoms with van der Waals surface area (Å²) in [4.78, 5) is 42.3. The van der Waals surface area contributed by atoms with Crippen LogP contribution in [0.2, 0.25) is 0 Å². The van der Waals surface area contributed by atoms with Crippen molar-refractivity contribution in [3.8, 4) is 5.69 Å². The van der Waals surface area contributed by atoms with Gasteiger partial charge in [0.05, 0.1) is 22.4 Å². The number of rotatable bonds is 5. The number of aryl methyl sites for hydroxylation is 1. The number of thiophene rings is 1. The maximum atomic E-state index is 13.3. The molecule has 0 unspecified atom stereocenters. The minimum absolute atomic E-state index is 0.320. The number of hydrogen-bond donors (Lipinski definition) is 3. The molecule has 0 saturated carbocycles. The van der Waals surface area contributed by atoms with Crippen LogP contribution in [0.25, 0.3) is 26.9 Å². The maximum Gasteiger partial charge on any atom is 0.348 e. The van der Waals surface area contributed by atoms with Crippen molar-refractivity contribution in [2.24, 2.45) is 0 Å². The molecule has 2 aromatic carbocycles. The van der Waals surface area contributed by atoms with Crippen LogP contribution in [0.15, 0.2) is 53.3 Å². The number of nitrogens with zero attached hydrogens (tertiary/aromatic N) is 2. The molecule has 0 aliphatic rings. The number of halogens is 1. The van der Waals surface area contributed by atoms with Crippen molar-refractivity contribution in [1.29, 1.82) is 0 Å². The lowest BCUT2D eigenvalue weighted by Crippen LogP contribution is -2.20. The second kappa shape index (κ2) is 8.02. The minimum atomic E-state index is -0.637. The van der Waals surface area contributed by atoms with Crippen molar-refractivity contribution < 1.29 is 18.7 Å². The molecule has 3 heterocycles. The average molecular weight is 465 g/mol. The zero-order valence-corrected chi connectivity index (χ0v) is 18.0. The van der Waals surface area contributed by atoms with Crippen molar-refractivity contribution >= 4 is 50.2 Å². The molecule has 11 heteroatoms. The summed E-state index contributed by atoms with van der Waals surface area (Å²) < 4.78 is 20.1. The first-order chi connectivity index (χ1) is 15.9. The number of aromatic nitrogens is 4. The first-order valence-electron chi connectivity index (χ1n) is 9.81. The van der Waals surface area contributed by atoms with Gasteiger partial charge in [0.25, 0.3) is 5.91 Å². The number of esters is 1. The lowest BCUT2D eigenvalue weighted by molar-refractivity contribution is -0.119. The van der Waals surface area contributed by atoms with E-state index in [1.54, 1.807) is 41.1 Å². The van der Waals surface area contributed by atoms with E-state index >= 15 is 0 Å². The summed E-state index contributed by atoms with van der Waals surface area (Å²) in [6.45, 7) is 1.34. The zero-order chi connectivity index (χ0) is 23.1. The van der Waals surface area contributed by atoms with Crippen LogP contribution >= 0.6 is 11.3 Å². The fourth-order valence-electron chi connectivity index (χ4n) is 3.41. The van der Waals surface area contributed by atoms with E-state index < -0.39 is 18.5 Å². The number of imidazole rings is 1. The number of H-pyrrole nitrogens is 2.